The molecule has 2 N–H and O–H groups in total. The summed E-state index contributed by atoms with van der Waals surface area (Å²) < 4.78 is 3.78. The molecule has 0 aliphatic rings. The van der Waals surface area contributed by atoms with Crippen LogP contribution in [0.25, 0.3) is 16.7 Å². The van der Waals surface area contributed by atoms with Gasteiger partial charge in [-0.3, -0.25) is 19.0 Å². The van der Waals surface area contributed by atoms with Crippen LogP contribution in [0.5, 0.6) is 0 Å². The third kappa shape index (κ3) is 4.93. The van der Waals surface area contributed by atoms with Gasteiger partial charge in [-0.05, 0) is 62.6 Å². The first kappa shape index (κ1) is 24.9. The zero-order chi connectivity index (χ0) is 26.1. The van der Waals surface area contributed by atoms with Gasteiger partial charge in [-0.25, -0.2) is 13.9 Å². The highest BCUT2D eigenvalue weighted by atomic mass is 16.2. The Morgan fingerprint density at radius 2 is 1.78 bits per heavy atom. The second-order valence-electron chi connectivity index (χ2n) is 9.66. The van der Waals surface area contributed by atoms with Crippen molar-refractivity contribution in [1.29, 1.82) is 0 Å². The van der Waals surface area contributed by atoms with Crippen molar-refractivity contribution in [1.82, 2.24) is 24.1 Å². The molecular formula is C26H30N6O4. The first-order valence-corrected chi connectivity index (χ1v) is 11.9. The lowest BCUT2D eigenvalue weighted by Gasteiger charge is -2.13. The Balaban J connectivity index is 1.85. The van der Waals surface area contributed by atoms with Crippen molar-refractivity contribution in [2.24, 2.45) is 5.92 Å². The number of aromatic nitrogens is 4. The van der Waals surface area contributed by atoms with Gasteiger partial charge in [0.25, 0.3) is 11.5 Å². The molecule has 0 spiro atoms. The molecule has 0 radical (unpaired) electrons. The van der Waals surface area contributed by atoms with Gasteiger partial charge in [0.2, 0.25) is 11.7 Å². The molecule has 2 aromatic heterocycles. The molecule has 0 aliphatic heterocycles. The summed E-state index contributed by atoms with van der Waals surface area (Å²) in [5.74, 6) is -0.518. The van der Waals surface area contributed by atoms with Crippen molar-refractivity contribution >= 4 is 34.2 Å². The lowest BCUT2D eigenvalue weighted by atomic mass is 10.1. The number of carbonyl (C=O) groups excluding carboxylic acids is 2. The van der Waals surface area contributed by atoms with Gasteiger partial charge < -0.3 is 10.6 Å². The van der Waals surface area contributed by atoms with E-state index in [1.165, 1.54) is 15.0 Å². The Labute approximate surface area is 207 Å². The highest BCUT2D eigenvalue weighted by Crippen LogP contribution is 2.16. The predicted molar refractivity (Wildman–Crippen MR) is 138 cm³/mol. The molecule has 2 aromatic carbocycles. The summed E-state index contributed by atoms with van der Waals surface area (Å²) in [6, 6.07) is 11.9. The first-order valence-electron chi connectivity index (χ1n) is 11.9. The number of hydrogen-bond acceptors (Lipinski definition) is 5. The number of fused-ring (bicyclic) bond motifs is 3. The summed E-state index contributed by atoms with van der Waals surface area (Å²) in [4.78, 5) is 52.2. The van der Waals surface area contributed by atoms with E-state index >= 15 is 0 Å². The number of benzene rings is 2. The van der Waals surface area contributed by atoms with Crippen molar-refractivity contribution in [2.45, 2.75) is 53.8 Å². The largest absolute Gasteiger partial charge is 0.352 e. The van der Waals surface area contributed by atoms with E-state index in [-0.39, 0.29) is 46.7 Å². The summed E-state index contributed by atoms with van der Waals surface area (Å²) in [5.41, 5.74) is 1.28. The summed E-state index contributed by atoms with van der Waals surface area (Å²) >= 11 is 0. The Hall–Kier alpha value is -4.21. The van der Waals surface area contributed by atoms with Crippen LogP contribution in [0.4, 0.5) is 5.69 Å². The number of carbonyl (C=O) groups is 2. The number of aryl methyl sites for hydroxylation is 1. The molecule has 10 heteroatoms. The molecule has 4 aromatic rings. The number of anilines is 1. The van der Waals surface area contributed by atoms with E-state index in [1.807, 2.05) is 52.8 Å². The zero-order valence-corrected chi connectivity index (χ0v) is 21.0. The molecule has 36 heavy (non-hydrogen) atoms. The summed E-state index contributed by atoms with van der Waals surface area (Å²) in [5, 5.41) is 10.2. The van der Waals surface area contributed by atoms with Crippen LogP contribution in [0.15, 0.2) is 52.1 Å². The monoisotopic (exact) mass is 490 g/mol. The number of nitrogens with zero attached hydrogens (tertiary/aromatic N) is 4. The van der Waals surface area contributed by atoms with Crippen LogP contribution < -0.4 is 21.9 Å². The lowest BCUT2D eigenvalue weighted by Crippen LogP contribution is -2.31. The zero-order valence-electron chi connectivity index (χ0n) is 21.0. The molecule has 188 valence electrons. The van der Waals surface area contributed by atoms with E-state index in [2.05, 4.69) is 15.7 Å². The Morgan fingerprint density at radius 3 is 2.44 bits per heavy atom. The van der Waals surface area contributed by atoms with E-state index in [0.717, 1.165) is 10.2 Å². The maximum atomic E-state index is 13.5. The van der Waals surface area contributed by atoms with E-state index in [0.29, 0.717) is 17.8 Å². The predicted octanol–water partition coefficient (Wildman–Crippen LogP) is 2.55. The Kier molecular flexibility index (Phi) is 6.78. The Bertz CT molecular complexity index is 1590. The van der Waals surface area contributed by atoms with Crippen LogP contribution in [-0.2, 0) is 17.9 Å². The molecule has 0 bridgehead atoms. The van der Waals surface area contributed by atoms with Crippen LogP contribution in [0, 0.1) is 12.8 Å². The molecule has 4 rings (SSSR count). The summed E-state index contributed by atoms with van der Waals surface area (Å²) in [6.45, 7) is 9.51. The molecule has 0 atom stereocenters. The van der Waals surface area contributed by atoms with Gasteiger partial charge in [0.1, 0.15) is 6.54 Å². The van der Waals surface area contributed by atoms with Crippen molar-refractivity contribution < 1.29 is 9.59 Å². The average molecular weight is 491 g/mol. The molecule has 0 saturated carbocycles. The van der Waals surface area contributed by atoms with Crippen molar-refractivity contribution in [3.8, 4) is 0 Å². The van der Waals surface area contributed by atoms with Gasteiger partial charge >= 0.3 is 5.69 Å². The molecule has 0 fully saturated rings. The van der Waals surface area contributed by atoms with E-state index in [9.17, 15) is 19.2 Å². The number of amides is 2. The molecule has 10 nitrogen and oxygen atoms in total. The fourth-order valence-corrected chi connectivity index (χ4v) is 4.09. The normalized spacial score (nSPS) is 11.5. The topological polar surface area (TPSA) is 120 Å². The third-order valence-corrected chi connectivity index (χ3v) is 5.60. The van der Waals surface area contributed by atoms with Crippen LogP contribution in [0.1, 0.15) is 43.6 Å². The highest BCUT2D eigenvalue weighted by Gasteiger charge is 2.20. The van der Waals surface area contributed by atoms with Crippen LogP contribution in [0.3, 0.4) is 0 Å². The second kappa shape index (κ2) is 9.80. The molecular weight excluding hydrogens is 460 g/mol. The van der Waals surface area contributed by atoms with Gasteiger partial charge in [-0.15, -0.1) is 5.10 Å². The minimum atomic E-state index is -0.576. The molecule has 0 unspecified atom stereocenters. The van der Waals surface area contributed by atoms with Gasteiger partial charge in [0.15, 0.2) is 0 Å². The standard InChI is InChI=1S/C26H30N6O4/c1-15(2)13-30-24(35)20-10-9-18(23(34)27-16(3)4)12-21(20)32-25(30)29-31(26(32)36)14-22(33)28-19-8-6-7-17(5)11-19/h6-12,15-16H,13-14H2,1-5H3,(H,27,34)(H,28,33). The number of rotatable bonds is 7. The minimum Gasteiger partial charge on any atom is -0.350 e. The van der Waals surface area contributed by atoms with Gasteiger partial charge in [0.05, 0.1) is 10.9 Å². The fourth-order valence-electron chi connectivity index (χ4n) is 4.09. The maximum Gasteiger partial charge on any atom is 0.352 e. The van der Waals surface area contributed by atoms with Crippen LogP contribution in [-0.4, -0.2) is 36.6 Å². The first-order chi connectivity index (χ1) is 17.0. The van der Waals surface area contributed by atoms with Gasteiger partial charge in [-0.2, -0.15) is 0 Å². The minimum absolute atomic E-state index is 0.0790. The van der Waals surface area contributed by atoms with Crippen molar-refractivity contribution in [3.05, 3.63) is 74.4 Å². The van der Waals surface area contributed by atoms with Gasteiger partial charge in [-0.1, -0.05) is 26.0 Å². The van der Waals surface area contributed by atoms with Crippen LogP contribution >= 0.6 is 0 Å². The molecule has 2 heterocycles. The number of hydrogen-bond donors (Lipinski definition) is 2. The van der Waals surface area contributed by atoms with Crippen LogP contribution in [0.2, 0.25) is 0 Å². The molecule has 2 amide bonds. The van der Waals surface area contributed by atoms with Crippen molar-refractivity contribution in [2.75, 3.05) is 5.32 Å². The average Bonchev–Trinajstić information content (AvgIpc) is 3.11. The van der Waals surface area contributed by atoms with E-state index in [1.54, 1.807) is 18.2 Å². The lowest BCUT2D eigenvalue weighted by molar-refractivity contribution is -0.117. The highest BCUT2D eigenvalue weighted by molar-refractivity contribution is 5.98. The summed E-state index contributed by atoms with van der Waals surface area (Å²) in [7, 11) is 0. The Morgan fingerprint density at radius 1 is 1.03 bits per heavy atom. The number of nitrogens with one attached hydrogen (secondary N) is 2. The second-order valence-corrected chi connectivity index (χ2v) is 9.66. The van der Waals surface area contributed by atoms with Crippen molar-refractivity contribution in [3.63, 3.8) is 0 Å². The van der Waals surface area contributed by atoms with Gasteiger partial charge in [0, 0.05) is 23.8 Å². The maximum absolute atomic E-state index is 13.5. The summed E-state index contributed by atoms with van der Waals surface area (Å²) in [6.07, 6.45) is 0. The molecule has 0 saturated heterocycles. The van der Waals surface area contributed by atoms with E-state index < -0.39 is 11.6 Å². The van der Waals surface area contributed by atoms with E-state index in [4.69, 9.17) is 0 Å². The SMILES string of the molecule is Cc1cccc(NC(=O)Cn2nc3n(CC(C)C)c(=O)c4ccc(C(=O)NC(C)C)cc4n3c2=O)c1. The smallest absolute Gasteiger partial charge is 0.350 e. The third-order valence-electron chi connectivity index (χ3n) is 5.60. The molecule has 0 aliphatic carbocycles. The quantitative estimate of drug-likeness (QED) is 0.413. The fraction of sp³-hybridized carbons (Fsp3) is 0.346.